The van der Waals surface area contributed by atoms with Gasteiger partial charge in [-0.3, -0.25) is 9.48 Å². The van der Waals surface area contributed by atoms with Crippen molar-refractivity contribution in [2.45, 2.75) is 20.1 Å². The molecule has 0 spiro atoms. The largest absolute Gasteiger partial charge is 0.486 e. The van der Waals surface area contributed by atoms with Gasteiger partial charge in [-0.2, -0.15) is 5.10 Å². The van der Waals surface area contributed by atoms with Gasteiger partial charge < -0.3 is 14.5 Å². The van der Waals surface area contributed by atoms with E-state index in [1.54, 1.807) is 29.2 Å². The lowest BCUT2D eigenvalue weighted by Gasteiger charge is -2.04. The van der Waals surface area contributed by atoms with Crippen molar-refractivity contribution in [1.29, 1.82) is 0 Å². The molecule has 7 heteroatoms. The van der Waals surface area contributed by atoms with E-state index < -0.39 is 0 Å². The van der Waals surface area contributed by atoms with Crippen molar-refractivity contribution < 1.29 is 13.9 Å². The molecule has 1 N–H and O–H groups in total. The summed E-state index contributed by atoms with van der Waals surface area (Å²) in [4.78, 5) is 12.5. The van der Waals surface area contributed by atoms with E-state index in [1.165, 1.54) is 5.56 Å². The molecule has 0 radical (unpaired) electrons. The summed E-state index contributed by atoms with van der Waals surface area (Å²) in [6.07, 6.45) is 3.41. The molecule has 1 amide bonds. The molecule has 0 aliphatic heterocycles. The summed E-state index contributed by atoms with van der Waals surface area (Å²) in [6, 6.07) is 19.1. The molecular formula is C23H20BrN3O3. The van der Waals surface area contributed by atoms with Crippen LogP contribution in [0.15, 0.2) is 81.9 Å². The molecule has 152 valence electrons. The minimum Gasteiger partial charge on any atom is -0.486 e. The number of benzene rings is 2. The van der Waals surface area contributed by atoms with Crippen molar-refractivity contribution in [3.8, 4) is 5.75 Å². The summed E-state index contributed by atoms with van der Waals surface area (Å²) >= 11 is 3.38. The number of carbonyl (C=O) groups is 1. The van der Waals surface area contributed by atoms with Crippen LogP contribution in [0.25, 0.3) is 0 Å². The highest BCUT2D eigenvalue weighted by atomic mass is 79.9. The van der Waals surface area contributed by atoms with E-state index in [1.807, 2.05) is 24.3 Å². The quantitative estimate of drug-likeness (QED) is 0.395. The summed E-state index contributed by atoms with van der Waals surface area (Å²) in [5.74, 6) is 1.18. The van der Waals surface area contributed by atoms with Gasteiger partial charge in [-0.15, -0.1) is 0 Å². The molecule has 2 heterocycles. The maximum absolute atomic E-state index is 12.5. The summed E-state index contributed by atoms with van der Waals surface area (Å²) < 4.78 is 14.0. The summed E-state index contributed by atoms with van der Waals surface area (Å²) in [6.45, 7) is 2.93. The van der Waals surface area contributed by atoms with Gasteiger partial charge in [0.15, 0.2) is 5.76 Å². The number of rotatable bonds is 7. The number of nitrogens with one attached hydrogen (secondary N) is 1. The smallest absolute Gasteiger partial charge is 0.291 e. The van der Waals surface area contributed by atoms with E-state index in [9.17, 15) is 4.79 Å². The third-order valence-corrected chi connectivity index (χ3v) is 4.97. The molecule has 0 saturated carbocycles. The molecule has 2 aromatic carbocycles. The highest BCUT2D eigenvalue weighted by molar-refractivity contribution is 9.10. The van der Waals surface area contributed by atoms with E-state index in [2.05, 4.69) is 57.5 Å². The van der Waals surface area contributed by atoms with Gasteiger partial charge in [-0.1, -0.05) is 45.8 Å². The highest BCUT2D eigenvalue weighted by Gasteiger charge is 2.13. The Balaban J connectivity index is 1.32. The minimum absolute atomic E-state index is 0.218. The number of hydrogen-bond acceptors (Lipinski definition) is 4. The topological polar surface area (TPSA) is 69.3 Å². The molecule has 4 aromatic rings. The second kappa shape index (κ2) is 9.00. The van der Waals surface area contributed by atoms with Crippen molar-refractivity contribution in [3.63, 3.8) is 0 Å². The zero-order valence-corrected chi connectivity index (χ0v) is 17.9. The van der Waals surface area contributed by atoms with Crippen LogP contribution < -0.4 is 10.1 Å². The summed E-state index contributed by atoms with van der Waals surface area (Å²) in [5, 5.41) is 7.11. The number of aryl methyl sites for hydroxylation is 1. The van der Waals surface area contributed by atoms with Gasteiger partial charge in [-0.05, 0) is 48.9 Å². The Kier molecular flexibility index (Phi) is 5.99. The summed E-state index contributed by atoms with van der Waals surface area (Å²) in [5.41, 5.74) is 2.96. The Morgan fingerprint density at radius 2 is 1.87 bits per heavy atom. The number of nitrogens with zero attached hydrogens (tertiary/aromatic N) is 2. The van der Waals surface area contributed by atoms with Gasteiger partial charge in [0, 0.05) is 10.7 Å². The fourth-order valence-electron chi connectivity index (χ4n) is 2.85. The van der Waals surface area contributed by atoms with Gasteiger partial charge in [0.05, 0.1) is 18.4 Å². The molecule has 0 saturated heterocycles. The van der Waals surface area contributed by atoms with Gasteiger partial charge in [0.2, 0.25) is 0 Å². The number of aromatic nitrogens is 2. The fraction of sp³-hybridized carbons (Fsp3) is 0.130. The first-order valence-corrected chi connectivity index (χ1v) is 10.2. The monoisotopic (exact) mass is 465 g/mol. The van der Waals surface area contributed by atoms with E-state index in [4.69, 9.17) is 9.15 Å². The van der Waals surface area contributed by atoms with E-state index in [0.717, 1.165) is 15.8 Å². The Morgan fingerprint density at radius 3 is 2.63 bits per heavy atom. The summed E-state index contributed by atoms with van der Waals surface area (Å²) in [7, 11) is 0. The predicted octanol–water partition coefficient (Wildman–Crippen LogP) is 5.43. The highest BCUT2D eigenvalue weighted by Crippen LogP contribution is 2.19. The number of furan rings is 1. The lowest BCUT2D eigenvalue weighted by atomic mass is 10.1. The third kappa shape index (κ3) is 5.18. The molecule has 4 rings (SSSR count). The fourth-order valence-corrected chi connectivity index (χ4v) is 3.11. The molecule has 0 aliphatic rings. The van der Waals surface area contributed by atoms with Gasteiger partial charge >= 0.3 is 0 Å². The Labute approximate surface area is 182 Å². The molecule has 2 aromatic heterocycles. The van der Waals surface area contributed by atoms with Crippen molar-refractivity contribution in [2.24, 2.45) is 0 Å². The standard InChI is InChI=1S/C23H20BrN3O3/c1-16-2-4-17(5-3-16)13-27-14-19(12-25-27)26-23(28)22-11-10-21(30-22)15-29-20-8-6-18(24)7-9-20/h2-12,14H,13,15H2,1H3,(H,26,28). The van der Waals surface area contributed by atoms with Gasteiger partial charge in [0.1, 0.15) is 18.1 Å². The molecular weight excluding hydrogens is 446 g/mol. The average Bonchev–Trinajstić information content (AvgIpc) is 3.39. The Morgan fingerprint density at radius 1 is 1.10 bits per heavy atom. The van der Waals surface area contributed by atoms with Crippen LogP contribution in [-0.2, 0) is 13.2 Å². The zero-order chi connectivity index (χ0) is 20.9. The average molecular weight is 466 g/mol. The van der Waals surface area contributed by atoms with Crippen molar-refractivity contribution in [1.82, 2.24) is 9.78 Å². The molecule has 30 heavy (non-hydrogen) atoms. The normalized spacial score (nSPS) is 10.7. The van der Waals surface area contributed by atoms with Gasteiger partial charge in [0.25, 0.3) is 5.91 Å². The molecule has 0 fully saturated rings. The number of amides is 1. The second-order valence-electron chi connectivity index (χ2n) is 6.87. The Hall–Kier alpha value is -3.32. The number of ether oxygens (including phenoxy) is 1. The second-order valence-corrected chi connectivity index (χ2v) is 7.79. The number of halogens is 1. The Bertz CT molecular complexity index is 1130. The SMILES string of the molecule is Cc1ccc(Cn2cc(NC(=O)c3ccc(COc4ccc(Br)cc4)o3)cn2)cc1. The molecule has 6 nitrogen and oxygen atoms in total. The van der Waals surface area contributed by atoms with E-state index in [-0.39, 0.29) is 18.3 Å². The molecule has 0 unspecified atom stereocenters. The zero-order valence-electron chi connectivity index (χ0n) is 16.3. The first-order chi connectivity index (χ1) is 14.5. The first kappa shape index (κ1) is 20.0. The number of hydrogen-bond donors (Lipinski definition) is 1. The van der Waals surface area contributed by atoms with Crippen LogP contribution in [0.1, 0.15) is 27.4 Å². The van der Waals surface area contributed by atoms with Gasteiger partial charge in [-0.25, -0.2) is 0 Å². The molecule has 0 aliphatic carbocycles. The first-order valence-electron chi connectivity index (χ1n) is 9.41. The van der Waals surface area contributed by atoms with E-state index >= 15 is 0 Å². The van der Waals surface area contributed by atoms with Crippen LogP contribution in [0.5, 0.6) is 5.75 Å². The van der Waals surface area contributed by atoms with Crippen LogP contribution in [0, 0.1) is 6.92 Å². The minimum atomic E-state index is -0.334. The van der Waals surface area contributed by atoms with Crippen molar-refractivity contribution in [3.05, 3.63) is 100 Å². The van der Waals surface area contributed by atoms with E-state index in [0.29, 0.717) is 18.0 Å². The van der Waals surface area contributed by atoms with Crippen LogP contribution >= 0.6 is 15.9 Å². The third-order valence-electron chi connectivity index (χ3n) is 4.44. The van der Waals surface area contributed by atoms with Crippen LogP contribution in [-0.4, -0.2) is 15.7 Å². The lowest BCUT2D eigenvalue weighted by Crippen LogP contribution is -2.10. The predicted molar refractivity (Wildman–Crippen MR) is 118 cm³/mol. The van der Waals surface area contributed by atoms with Crippen molar-refractivity contribution in [2.75, 3.05) is 5.32 Å². The lowest BCUT2D eigenvalue weighted by molar-refractivity contribution is 0.0992. The maximum Gasteiger partial charge on any atom is 0.291 e. The molecule has 0 bridgehead atoms. The van der Waals surface area contributed by atoms with Crippen LogP contribution in [0.2, 0.25) is 0 Å². The number of carbonyl (C=O) groups excluding carboxylic acids is 1. The molecule has 0 atom stereocenters. The van der Waals surface area contributed by atoms with Crippen molar-refractivity contribution >= 4 is 27.5 Å². The maximum atomic E-state index is 12.5. The van der Waals surface area contributed by atoms with Crippen LogP contribution in [0.4, 0.5) is 5.69 Å². The van der Waals surface area contributed by atoms with Crippen LogP contribution in [0.3, 0.4) is 0 Å². The number of anilines is 1.